The molecule has 162 valence electrons. The number of hydrogen-bond acceptors (Lipinski definition) is 6. The van der Waals surface area contributed by atoms with Gasteiger partial charge in [-0.3, -0.25) is 9.59 Å². The van der Waals surface area contributed by atoms with Crippen molar-refractivity contribution in [1.29, 1.82) is 0 Å². The first-order valence-corrected chi connectivity index (χ1v) is 11.0. The topological polar surface area (TPSA) is 96.0 Å². The van der Waals surface area contributed by atoms with Crippen LogP contribution in [0.1, 0.15) is 18.2 Å². The lowest BCUT2D eigenvalue weighted by Gasteiger charge is -2.10. The lowest BCUT2D eigenvalue weighted by molar-refractivity contribution is -0.116. The van der Waals surface area contributed by atoms with E-state index in [0.717, 1.165) is 27.2 Å². The van der Waals surface area contributed by atoms with Crippen LogP contribution in [-0.4, -0.2) is 28.3 Å². The number of carbonyl (C=O) groups excluding carboxylic acids is 2. The zero-order chi connectivity index (χ0) is 22.5. The third-order valence-corrected chi connectivity index (χ3v) is 5.85. The molecule has 0 radical (unpaired) electrons. The van der Waals surface area contributed by atoms with E-state index >= 15 is 0 Å². The molecule has 0 aliphatic heterocycles. The van der Waals surface area contributed by atoms with Gasteiger partial charge in [0, 0.05) is 41.7 Å². The fourth-order valence-corrected chi connectivity index (χ4v) is 4.54. The molecular formula is C24H23N5O2S. The zero-order valence-electron chi connectivity index (χ0n) is 17.8. The Morgan fingerprint density at radius 1 is 0.969 bits per heavy atom. The van der Waals surface area contributed by atoms with E-state index < -0.39 is 0 Å². The Hall–Kier alpha value is -3.78. The second kappa shape index (κ2) is 9.57. The smallest absolute Gasteiger partial charge is 0.226 e. The monoisotopic (exact) mass is 445 g/mol. The lowest BCUT2D eigenvalue weighted by atomic mass is 10.0. The van der Waals surface area contributed by atoms with Crippen LogP contribution in [0, 0.1) is 6.92 Å². The van der Waals surface area contributed by atoms with Gasteiger partial charge in [0.05, 0.1) is 5.39 Å². The van der Waals surface area contributed by atoms with Crippen molar-refractivity contribution >= 4 is 50.6 Å². The third-order valence-electron chi connectivity index (χ3n) is 4.84. The summed E-state index contributed by atoms with van der Waals surface area (Å²) in [4.78, 5) is 34.6. The van der Waals surface area contributed by atoms with E-state index in [2.05, 4.69) is 45.0 Å². The maximum absolute atomic E-state index is 12.4. The van der Waals surface area contributed by atoms with Gasteiger partial charge in [-0.2, -0.15) is 0 Å². The number of nitrogens with zero attached hydrogens (tertiary/aromatic N) is 2. The molecule has 0 aliphatic carbocycles. The zero-order valence-corrected chi connectivity index (χ0v) is 18.6. The van der Waals surface area contributed by atoms with Gasteiger partial charge in [-0.25, -0.2) is 9.97 Å². The van der Waals surface area contributed by atoms with Crippen LogP contribution in [-0.2, 0) is 9.59 Å². The van der Waals surface area contributed by atoms with Crippen LogP contribution in [0.2, 0.25) is 0 Å². The van der Waals surface area contributed by atoms with Gasteiger partial charge in [0.15, 0.2) is 0 Å². The summed E-state index contributed by atoms with van der Waals surface area (Å²) >= 11 is 1.63. The molecule has 8 heteroatoms. The van der Waals surface area contributed by atoms with Crippen LogP contribution >= 0.6 is 11.3 Å². The molecule has 0 saturated heterocycles. The van der Waals surface area contributed by atoms with Gasteiger partial charge < -0.3 is 16.0 Å². The minimum atomic E-state index is -0.160. The van der Waals surface area contributed by atoms with Crippen molar-refractivity contribution in [3.63, 3.8) is 0 Å². The summed E-state index contributed by atoms with van der Waals surface area (Å²) < 4.78 is 0. The first-order valence-electron chi connectivity index (χ1n) is 10.2. The highest BCUT2D eigenvalue weighted by Crippen LogP contribution is 2.40. The summed E-state index contributed by atoms with van der Waals surface area (Å²) in [5, 5.41) is 9.84. The normalized spacial score (nSPS) is 10.7. The minimum Gasteiger partial charge on any atom is -0.369 e. The van der Waals surface area contributed by atoms with Crippen molar-refractivity contribution in [1.82, 2.24) is 9.97 Å². The third kappa shape index (κ3) is 4.92. The van der Waals surface area contributed by atoms with Crippen molar-refractivity contribution in [2.75, 3.05) is 22.5 Å². The number of amides is 2. The molecule has 4 rings (SSSR count). The largest absolute Gasteiger partial charge is 0.369 e. The molecule has 0 atom stereocenters. The van der Waals surface area contributed by atoms with Crippen molar-refractivity contribution < 1.29 is 9.59 Å². The number of benzene rings is 2. The van der Waals surface area contributed by atoms with Crippen LogP contribution in [0.5, 0.6) is 0 Å². The predicted molar refractivity (Wildman–Crippen MR) is 130 cm³/mol. The number of nitrogens with one attached hydrogen (secondary N) is 3. The highest BCUT2D eigenvalue weighted by Gasteiger charge is 2.16. The van der Waals surface area contributed by atoms with Gasteiger partial charge in [-0.15, -0.1) is 11.3 Å². The maximum atomic E-state index is 12.4. The summed E-state index contributed by atoms with van der Waals surface area (Å²) in [5.74, 6) is 0.429. The Balaban J connectivity index is 1.45. The number of fused-ring (bicyclic) bond motifs is 1. The number of hydrogen-bond donors (Lipinski definition) is 3. The summed E-state index contributed by atoms with van der Waals surface area (Å²) in [5.41, 5.74) is 3.50. The van der Waals surface area contributed by atoms with Crippen molar-refractivity contribution in [3.8, 4) is 11.1 Å². The molecule has 0 bridgehead atoms. The molecule has 2 aromatic heterocycles. The summed E-state index contributed by atoms with van der Waals surface area (Å²) in [6.07, 6.45) is 1.81. The number of carbonyl (C=O) groups is 2. The van der Waals surface area contributed by atoms with Crippen LogP contribution in [0.25, 0.3) is 21.3 Å². The first kappa shape index (κ1) is 21.5. The molecule has 0 unspecified atom stereocenters. The number of anilines is 3. The van der Waals surface area contributed by atoms with Crippen LogP contribution in [0.15, 0.2) is 60.9 Å². The number of rotatable bonds is 7. The second-order valence-electron chi connectivity index (χ2n) is 7.29. The molecule has 4 aromatic rings. The van der Waals surface area contributed by atoms with Gasteiger partial charge in [0.1, 0.15) is 17.0 Å². The van der Waals surface area contributed by atoms with E-state index in [4.69, 9.17) is 0 Å². The fraction of sp³-hybridized carbons (Fsp3) is 0.167. The highest BCUT2D eigenvalue weighted by atomic mass is 32.1. The van der Waals surface area contributed by atoms with E-state index in [1.807, 2.05) is 18.2 Å². The molecule has 0 saturated carbocycles. The average molecular weight is 446 g/mol. The molecular weight excluding hydrogens is 422 g/mol. The van der Waals surface area contributed by atoms with Gasteiger partial charge in [-0.05, 0) is 30.7 Å². The molecule has 0 aliphatic rings. The van der Waals surface area contributed by atoms with E-state index in [1.54, 1.807) is 41.9 Å². The number of aromatic nitrogens is 2. The van der Waals surface area contributed by atoms with E-state index in [0.29, 0.717) is 17.9 Å². The Bertz CT molecular complexity index is 1270. The van der Waals surface area contributed by atoms with Crippen LogP contribution < -0.4 is 16.0 Å². The van der Waals surface area contributed by atoms with Crippen molar-refractivity contribution in [2.24, 2.45) is 0 Å². The Morgan fingerprint density at radius 2 is 1.72 bits per heavy atom. The van der Waals surface area contributed by atoms with Gasteiger partial charge in [-0.1, -0.05) is 36.4 Å². The Morgan fingerprint density at radius 3 is 2.47 bits per heavy atom. The predicted octanol–water partition coefficient (Wildman–Crippen LogP) is 5.07. The first-order chi connectivity index (χ1) is 15.5. The summed E-state index contributed by atoms with van der Waals surface area (Å²) in [6.45, 7) is 3.95. The standard InChI is InChI=1S/C24H23N5O2S/c1-15-21(17-7-4-3-5-8-17)22-23(26-14-27-24(22)32-15)25-12-11-20(31)29-19-10-6-9-18(13-19)28-16(2)30/h3-10,13-14H,11-12H2,1-2H3,(H,28,30)(H,29,31)(H,25,26,27). The Kier molecular flexibility index (Phi) is 6.42. The quantitative estimate of drug-likeness (QED) is 0.369. The summed E-state index contributed by atoms with van der Waals surface area (Å²) in [7, 11) is 0. The molecule has 2 heterocycles. The lowest BCUT2D eigenvalue weighted by Crippen LogP contribution is -2.17. The minimum absolute atomic E-state index is 0.132. The number of aryl methyl sites for hydroxylation is 1. The highest BCUT2D eigenvalue weighted by molar-refractivity contribution is 7.19. The Labute approximate surface area is 189 Å². The van der Waals surface area contributed by atoms with Gasteiger partial charge in [0.2, 0.25) is 11.8 Å². The van der Waals surface area contributed by atoms with Gasteiger partial charge in [0.25, 0.3) is 0 Å². The molecule has 0 spiro atoms. The molecule has 2 amide bonds. The van der Waals surface area contributed by atoms with E-state index in [9.17, 15) is 9.59 Å². The SMILES string of the molecule is CC(=O)Nc1cccc(NC(=O)CCNc2ncnc3sc(C)c(-c4ccccc4)c23)c1. The van der Waals surface area contributed by atoms with Crippen LogP contribution in [0.3, 0.4) is 0 Å². The summed E-state index contributed by atoms with van der Waals surface area (Å²) in [6, 6.07) is 17.2. The van der Waals surface area contributed by atoms with E-state index in [-0.39, 0.29) is 18.2 Å². The molecule has 3 N–H and O–H groups in total. The second-order valence-corrected chi connectivity index (χ2v) is 8.49. The van der Waals surface area contributed by atoms with Crippen molar-refractivity contribution in [3.05, 3.63) is 65.8 Å². The average Bonchev–Trinajstić information content (AvgIpc) is 3.10. The fourth-order valence-electron chi connectivity index (χ4n) is 3.53. The number of thiophene rings is 1. The molecule has 32 heavy (non-hydrogen) atoms. The van der Waals surface area contributed by atoms with Crippen molar-refractivity contribution in [2.45, 2.75) is 20.3 Å². The molecule has 2 aromatic carbocycles. The maximum Gasteiger partial charge on any atom is 0.226 e. The van der Waals surface area contributed by atoms with Crippen LogP contribution in [0.4, 0.5) is 17.2 Å². The van der Waals surface area contributed by atoms with E-state index in [1.165, 1.54) is 11.8 Å². The molecule has 0 fully saturated rings. The van der Waals surface area contributed by atoms with Gasteiger partial charge >= 0.3 is 0 Å². The molecule has 7 nitrogen and oxygen atoms in total.